The van der Waals surface area contributed by atoms with E-state index >= 15 is 0 Å². The molecule has 0 radical (unpaired) electrons. The molecule has 0 aromatic heterocycles. The first kappa shape index (κ1) is 10.2. The molecule has 4 heteroatoms. The van der Waals surface area contributed by atoms with Gasteiger partial charge in [-0.05, 0) is 0 Å². The summed E-state index contributed by atoms with van der Waals surface area (Å²) in [7, 11) is 0. The van der Waals surface area contributed by atoms with Crippen LogP contribution < -0.4 is 0 Å². The molecule has 1 aromatic carbocycles. The van der Waals surface area contributed by atoms with Crippen LogP contribution >= 0.6 is 0 Å². The fourth-order valence-electron chi connectivity index (χ4n) is 1.18. The highest BCUT2D eigenvalue weighted by Gasteiger charge is 2.11. The Morgan fingerprint density at radius 3 is 2.31 bits per heavy atom. The van der Waals surface area contributed by atoms with Gasteiger partial charge < -0.3 is 9.47 Å². The lowest BCUT2D eigenvalue weighted by Crippen LogP contribution is -2.07. The van der Waals surface area contributed by atoms with Crippen LogP contribution in [-0.2, 0) is 19.1 Å². The van der Waals surface area contributed by atoms with Crippen molar-refractivity contribution in [3.63, 3.8) is 0 Å². The maximum Gasteiger partial charge on any atom is 0.336 e. The standard InChI is InChI=1S/C12H8O4/c13-11-6-7-12(14)16-10(8-15-11)9-4-2-1-3-5-9/h1-8H/b7-6-,10-8-. The molecular formula is C12H8O4. The first-order valence-corrected chi connectivity index (χ1v) is 4.62. The molecule has 16 heavy (non-hydrogen) atoms. The first-order valence-electron chi connectivity index (χ1n) is 4.62. The molecule has 1 aliphatic rings. The van der Waals surface area contributed by atoms with Crippen LogP contribution in [-0.4, -0.2) is 11.9 Å². The number of cyclic esters (lactones) is 2. The van der Waals surface area contributed by atoms with Gasteiger partial charge in [-0.25, -0.2) is 9.59 Å². The molecule has 0 atom stereocenters. The van der Waals surface area contributed by atoms with Gasteiger partial charge in [0.15, 0.2) is 5.76 Å². The van der Waals surface area contributed by atoms with Crippen molar-refractivity contribution >= 4 is 17.7 Å². The summed E-state index contributed by atoms with van der Waals surface area (Å²) in [4.78, 5) is 22.2. The van der Waals surface area contributed by atoms with Gasteiger partial charge in [-0.2, -0.15) is 0 Å². The molecule has 0 amide bonds. The van der Waals surface area contributed by atoms with E-state index in [0.29, 0.717) is 5.56 Å². The first-order chi connectivity index (χ1) is 7.75. The Morgan fingerprint density at radius 1 is 0.875 bits per heavy atom. The van der Waals surface area contributed by atoms with Gasteiger partial charge in [-0.3, -0.25) is 0 Å². The minimum Gasteiger partial charge on any atom is -0.427 e. The quantitative estimate of drug-likeness (QED) is 0.669. The maximum absolute atomic E-state index is 11.2. The zero-order valence-electron chi connectivity index (χ0n) is 8.25. The van der Waals surface area contributed by atoms with Crippen LogP contribution in [0, 0.1) is 0 Å². The van der Waals surface area contributed by atoms with Crippen LogP contribution in [0.1, 0.15) is 5.56 Å². The average molecular weight is 216 g/mol. The van der Waals surface area contributed by atoms with Crippen molar-refractivity contribution in [3.8, 4) is 0 Å². The molecule has 0 N–H and O–H groups in total. The van der Waals surface area contributed by atoms with Crippen molar-refractivity contribution < 1.29 is 19.1 Å². The minimum atomic E-state index is -0.606. The van der Waals surface area contributed by atoms with Crippen LogP contribution in [0.15, 0.2) is 48.7 Å². The van der Waals surface area contributed by atoms with E-state index < -0.39 is 11.9 Å². The molecule has 0 aliphatic carbocycles. The summed E-state index contributed by atoms with van der Waals surface area (Å²) in [6, 6.07) is 8.91. The van der Waals surface area contributed by atoms with Crippen molar-refractivity contribution in [1.82, 2.24) is 0 Å². The van der Waals surface area contributed by atoms with Gasteiger partial charge in [0.25, 0.3) is 0 Å². The van der Waals surface area contributed by atoms with Crippen LogP contribution in [0.25, 0.3) is 5.76 Å². The van der Waals surface area contributed by atoms with E-state index in [1.165, 1.54) is 0 Å². The smallest absolute Gasteiger partial charge is 0.336 e. The highest BCUT2D eigenvalue weighted by molar-refractivity contribution is 5.95. The zero-order chi connectivity index (χ0) is 11.4. The normalized spacial score (nSPS) is 20.9. The monoisotopic (exact) mass is 216 g/mol. The Morgan fingerprint density at radius 2 is 1.56 bits per heavy atom. The number of carbonyl (C=O) groups is 2. The number of ether oxygens (including phenoxy) is 2. The second kappa shape index (κ2) is 4.44. The molecule has 0 unspecified atom stereocenters. The summed E-state index contributed by atoms with van der Waals surface area (Å²) >= 11 is 0. The van der Waals surface area contributed by atoms with E-state index in [-0.39, 0.29) is 5.76 Å². The van der Waals surface area contributed by atoms with Crippen molar-refractivity contribution in [3.05, 3.63) is 54.3 Å². The molecule has 1 aliphatic heterocycles. The van der Waals surface area contributed by atoms with Gasteiger partial charge in [-0.1, -0.05) is 30.3 Å². The van der Waals surface area contributed by atoms with Crippen LogP contribution in [0.2, 0.25) is 0 Å². The third kappa shape index (κ3) is 2.36. The van der Waals surface area contributed by atoms with E-state index in [1.807, 2.05) is 6.07 Å². The average Bonchev–Trinajstić information content (AvgIpc) is 2.31. The summed E-state index contributed by atoms with van der Waals surface area (Å²) in [5, 5.41) is 0. The summed E-state index contributed by atoms with van der Waals surface area (Å²) in [6.45, 7) is 0. The largest absolute Gasteiger partial charge is 0.427 e. The molecule has 0 saturated carbocycles. The molecule has 0 fully saturated rings. The number of carbonyl (C=O) groups excluding carboxylic acids is 2. The van der Waals surface area contributed by atoms with Gasteiger partial charge in [0, 0.05) is 17.7 Å². The number of esters is 2. The second-order valence-electron chi connectivity index (χ2n) is 3.04. The van der Waals surface area contributed by atoms with E-state index in [1.54, 1.807) is 24.3 Å². The summed E-state index contributed by atoms with van der Waals surface area (Å²) in [5.74, 6) is -1.000. The molecule has 2 rings (SSSR count). The second-order valence-corrected chi connectivity index (χ2v) is 3.04. The van der Waals surface area contributed by atoms with Crippen LogP contribution in [0.4, 0.5) is 0 Å². The highest BCUT2D eigenvalue weighted by atomic mass is 16.6. The predicted octanol–water partition coefficient (Wildman–Crippen LogP) is 1.64. The van der Waals surface area contributed by atoms with E-state index in [2.05, 4.69) is 0 Å². The number of rotatable bonds is 1. The lowest BCUT2D eigenvalue weighted by Gasteiger charge is -2.08. The fraction of sp³-hybridized carbons (Fsp3) is 0. The van der Waals surface area contributed by atoms with Gasteiger partial charge >= 0.3 is 11.9 Å². The highest BCUT2D eigenvalue weighted by Crippen LogP contribution is 2.17. The van der Waals surface area contributed by atoms with E-state index in [4.69, 9.17) is 9.47 Å². The summed E-state index contributed by atoms with van der Waals surface area (Å²) in [6.07, 6.45) is 3.16. The molecule has 4 nitrogen and oxygen atoms in total. The molecule has 0 bridgehead atoms. The van der Waals surface area contributed by atoms with Gasteiger partial charge in [-0.15, -0.1) is 0 Å². The fourth-order valence-corrected chi connectivity index (χ4v) is 1.18. The SMILES string of the molecule is O=C1/C=C\C(=O)O/C(c2ccccc2)=C\O1. The summed E-state index contributed by atoms with van der Waals surface area (Å²) in [5.41, 5.74) is 0.666. The van der Waals surface area contributed by atoms with Crippen molar-refractivity contribution in [2.24, 2.45) is 0 Å². The lowest BCUT2D eigenvalue weighted by atomic mass is 10.2. The molecule has 0 saturated heterocycles. The third-order valence-electron chi connectivity index (χ3n) is 1.91. The predicted molar refractivity (Wildman–Crippen MR) is 55.7 cm³/mol. The minimum absolute atomic E-state index is 0.211. The van der Waals surface area contributed by atoms with Crippen molar-refractivity contribution in [2.45, 2.75) is 0 Å². The van der Waals surface area contributed by atoms with Gasteiger partial charge in [0.1, 0.15) is 6.26 Å². The number of hydrogen-bond donors (Lipinski definition) is 0. The topological polar surface area (TPSA) is 52.6 Å². The summed E-state index contributed by atoms with van der Waals surface area (Å²) < 4.78 is 9.72. The Bertz CT molecular complexity index is 471. The third-order valence-corrected chi connectivity index (χ3v) is 1.91. The number of hydrogen-bond acceptors (Lipinski definition) is 4. The lowest BCUT2D eigenvalue weighted by molar-refractivity contribution is -0.136. The Kier molecular flexibility index (Phi) is 2.82. The molecule has 80 valence electrons. The molecule has 1 heterocycles. The van der Waals surface area contributed by atoms with Gasteiger partial charge in [0.05, 0.1) is 0 Å². The van der Waals surface area contributed by atoms with Crippen molar-refractivity contribution in [2.75, 3.05) is 0 Å². The Labute approximate surface area is 91.8 Å². The Hall–Kier alpha value is -2.36. The molecular weight excluding hydrogens is 208 g/mol. The Balaban J connectivity index is 2.30. The molecule has 1 aromatic rings. The van der Waals surface area contributed by atoms with Gasteiger partial charge in [0.2, 0.25) is 0 Å². The number of benzene rings is 1. The van der Waals surface area contributed by atoms with E-state index in [0.717, 1.165) is 18.4 Å². The van der Waals surface area contributed by atoms with E-state index in [9.17, 15) is 9.59 Å². The maximum atomic E-state index is 11.2. The zero-order valence-corrected chi connectivity index (χ0v) is 8.25. The van der Waals surface area contributed by atoms with Crippen LogP contribution in [0.5, 0.6) is 0 Å². The molecule has 0 spiro atoms. The van der Waals surface area contributed by atoms with Crippen LogP contribution in [0.3, 0.4) is 0 Å². The van der Waals surface area contributed by atoms with Crippen molar-refractivity contribution in [1.29, 1.82) is 0 Å².